The van der Waals surface area contributed by atoms with Crippen LogP contribution in [0.3, 0.4) is 0 Å². The monoisotopic (exact) mass is 517 g/mol. The van der Waals surface area contributed by atoms with E-state index in [-0.39, 0.29) is 24.5 Å². The lowest BCUT2D eigenvalue weighted by Gasteiger charge is -2.41. The smallest absolute Gasteiger partial charge is 0.322 e. The molecule has 0 bridgehead atoms. The molecule has 2 amide bonds. The molecule has 4 aromatic rings. The summed E-state index contributed by atoms with van der Waals surface area (Å²) in [5.74, 6) is -1.72. The molecule has 0 aliphatic carbocycles. The molecule has 2 aromatic heterocycles. The van der Waals surface area contributed by atoms with E-state index in [1.165, 1.54) is 33.2 Å². The van der Waals surface area contributed by atoms with Crippen molar-refractivity contribution < 1.29 is 18.7 Å². The quantitative estimate of drug-likeness (QED) is 0.327. The molecule has 0 unspecified atom stereocenters. The van der Waals surface area contributed by atoms with Crippen molar-refractivity contribution in [3.05, 3.63) is 78.6 Å². The largest absolute Gasteiger partial charge is 0.381 e. The van der Waals surface area contributed by atoms with Crippen LogP contribution in [0.2, 0.25) is 0 Å². The number of aliphatic hydroxyl groups is 1. The standard InChI is InChI=1S/C22H22ClF2N9O2/c1-15(22(36,11-32-13-26-12-28-32)19-7-2-16(24)10-20(19)25)33(9-8-23)21(35)29-17-3-5-18(6-4-17)34-14-27-30-31-34/h2-7,10,12-15,36H,8-9,11H2,1H3,(H,29,35)/t15-,22-/m1/s1. The van der Waals surface area contributed by atoms with Gasteiger partial charge >= 0.3 is 6.03 Å². The minimum Gasteiger partial charge on any atom is -0.381 e. The van der Waals surface area contributed by atoms with E-state index in [9.17, 15) is 18.7 Å². The third-order valence-electron chi connectivity index (χ3n) is 5.74. The van der Waals surface area contributed by atoms with Crippen LogP contribution in [0.15, 0.2) is 61.4 Å². The van der Waals surface area contributed by atoms with Crippen LogP contribution in [-0.4, -0.2) is 69.5 Å². The van der Waals surface area contributed by atoms with E-state index in [2.05, 4.69) is 30.9 Å². The van der Waals surface area contributed by atoms with Gasteiger partial charge in [0, 0.05) is 29.7 Å². The molecule has 0 aliphatic rings. The molecule has 2 atom stereocenters. The Balaban J connectivity index is 1.62. The van der Waals surface area contributed by atoms with Gasteiger partial charge < -0.3 is 15.3 Å². The highest BCUT2D eigenvalue weighted by molar-refractivity contribution is 6.18. The molecule has 4 rings (SSSR count). The number of carbonyl (C=O) groups excluding carboxylic acids is 1. The number of alkyl halides is 1. The maximum absolute atomic E-state index is 14.9. The minimum absolute atomic E-state index is 0.0275. The first-order chi connectivity index (χ1) is 17.3. The molecule has 0 saturated carbocycles. The van der Waals surface area contributed by atoms with E-state index in [4.69, 9.17) is 11.6 Å². The Morgan fingerprint density at radius 1 is 1.22 bits per heavy atom. The number of halogens is 3. The molecule has 11 nitrogen and oxygen atoms in total. The SMILES string of the molecule is C[C@@H](N(CCCl)C(=O)Nc1ccc(-n2cnnn2)cc1)[C@](O)(Cn1cncn1)c1ccc(F)cc1F. The van der Waals surface area contributed by atoms with Crippen molar-refractivity contribution in [1.82, 2.24) is 39.9 Å². The van der Waals surface area contributed by atoms with E-state index in [1.807, 2.05) is 0 Å². The zero-order chi connectivity index (χ0) is 25.7. The van der Waals surface area contributed by atoms with Gasteiger partial charge in [-0.15, -0.1) is 16.7 Å². The Morgan fingerprint density at radius 3 is 2.61 bits per heavy atom. The van der Waals surface area contributed by atoms with E-state index >= 15 is 0 Å². The molecule has 0 aliphatic heterocycles. The van der Waals surface area contributed by atoms with Gasteiger partial charge in [0.15, 0.2) is 0 Å². The lowest BCUT2D eigenvalue weighted by Crippen LogP contribution is -2.55. The maximum atomic E-state index is 14.9. The zero-order valence-corrected chi connectivity index (χ0v) is 19.8. The number of carbonyl (C=O) groups is 1. The fourth-order valence-electron chi connectivity index (χ4n) is 3.84. The molecule has 2 heterocycles. The van der Waals surface area contributed by atoms with Crippen molar-refractivity contribution >= 4 is 23.3 Å². The summed E-state index contributed by atoms with van der Waals surface area (Å²) >= 11 is 5.98. The highest BCUT2D eigenvalue weighted by Crippen LogP contribution is 2.33. The number of nitrogens with one attached hydrogen (secondary N) is 1. The Morgan fingerprint density at radius 2 is 2.00 bits per heavy atom. The van der Waals surface area contributed by atoms with Crippen molar-refractivity contribution in [1.29, 1.82) is 0 Å². The lowest BCUT2D eigenvalue weighted by molar-refractivity contribution is -0.0493. The van der Waals surface area contributed by atoms with Gasteiger partial charge in [0.1, 0.15) is 36.2 Å². The van der Waals surface area contributed by atoms with Gasteiger partial charge in [-0.2, -0.15) is 5.10 Å². The molecule has 0 radical (unpaired) electrons. The van der Waals surface area contributed by atoms with Crippen molar-refractivity contribution in [3.63, 3.8) is 0 Å². The minimum atomic E-state index is -2.02. The highest BCUT2D eigenvalue weighted by atomic mass is 35.5. The topological polar surface area (TPSA) is 127 Å². The Bertz CT molecular complexity index is 1290. The number of amides is 2. The lowest BCUT2D eigenvalue weighted by atomic mass is 9.85. The first kappa shape index (κ1) is 25.1. The van der Waals surface area contributed by atoms with Crippen LogP contribution in [0, 0.1) is 11.6 Å². The number of nitrogens with zero attached hydrogens (tertiary/aromatic N) is 8. The predicted octanol–water partition coefficient (Wildman–Crippen LogP) is 2.58. The summed E-state index contributed by atoms with van der Waals surface area (Å²) in [6, 6.07) is 7.96. The van der Waals surface area contributed by atoms with Gasteiger partial charge in [-0.1, -0.05) is 6.07 Å². The molecule has 0 fully saturated rings. The van der Waals surface area contributed by atoms with Gasteiger partial charge in [0.05, 0.1) is 18.3 Å². The van der Waals surface area contributed by atoms with Crippen LogP contribution in [0.4, 0.5) is 19.3 Å². The zero-order valence-electron chi connectivity index (χ0n) is 19.0. The van der Waals surface area contributed by atoms with Gasteiger partial charge in [-0.25, -0.2) is 27.9 Å². The summed E-state index contributed by atoms with van der Waals surface area (Å²) in [6.07, 6.45) is 4.04. The molecule has 2 aromatic carbocycles. The van der Waals surface area contributed by atoms with E-state index in [1.54, 1.807) is 31.2 Å². The Hall–Kier alpha value is -3.97. The molecule has 0 spiro atoms. The number of aromatic nitrogens is 7. The number of rotatable bonds is 9. The molecular weight excluding hydrogens is 496 g/mol. The highest BCUT2D eigenvalue weighted by Gasteiger charge is 2.43. The first-order valence-corrected chi connectivity index (χ1v) is 11.3. The van der Waals surface area contributed by atoms with Crippen molar-refractivity contribution in [2.45, 2.75) is 25.1 Å². The van der Waals surface area contributed by atoms with Crippen LogP contribution < -0.4 is 5.32 Å². The normalized spacial score (nSPS) is 13.7. The first-order valence-electron chi connectivity index (χ1n) is 10.8. The predicted molar refractivity (Wildman–Crippen MR) is 125 cm³/mol. The third-order valence-corrected chi connectivity index (χ3v) is 5.91. The molecule has 0 saturated heterocycles. The average Bonchev–Trinajstić information content (AvgIpc) is 3.57. The fourth-order valence-corrected chi connectivity index (χ4v) is 4.02. The van der Waals surface area contributed by atoms with Crippen LogP contribution >= 0.6 is 11.6 Å². The second kappa shape index (κ2) is 10.7. The summed E-state index contributed by atoms with van der Waals surface area (Å²) < 4.78 is 31.3. The summed E-state index contributed by atoms with van der Waals surface area (Å²) in [5.41, 5.74) is -1.09. The van der Waals surface area contributed by atoms with Gasteiger partial charge in [0.2, 0.25) is 0 Å². The number of anilines is 1. The average molecular weight is 518 g/mol. The van der Waals surface area contributed by atoms with Crippen LogP contribution in [-0.2, 0) is 12.1 Å². The molecule has 36 heavy (non-hydrogen) atoms. The summed E-state index contributed by atoms with van der Waals surface area (Å²) in [7, 11) is 0. The van der Waals surface area contributed by atoms with Crippen molar-refractivity contribution in [3.8, 4) is 5.69 Å². The Kier molecular flexibility index (Phi) is 7.50. The van der Waals surface area contributed by atoms with Crippen molar-refractivity contribution in [2.24, 2.45) is 0 Å². The van der Waals surface area contributed by atoms with Gasteiger partial charge in [-0.3, -0.25) is 0 Å². The molecular formula is C22H22ClF2N9O2. The number of benzene rings is 2. The summed E-state index contributed by atoms with van der Waals surface area (Å²) in [5, 5.41) is 29.5. The second-order valence-electron chi connectivity index (χ2n) is 7.93. The number of hydrogen-bond donors (Lipinski definition) is 2. The van der Waals surface area contributed by atoms with Crippen LogP contribution in [0.25, 0.3) is 5.69 Å². The second-order valence-corrected chi connectivity index (χ2v) is 8.31. The van der Waals surface area contributed by atoms with Crippen LogP contribution in [0.1, 0.15) is 12.5 Å². The molecule has 2 N–H and O–H groups in total. The van der Waals surface area contributed by atoms with Gasteiger partial charge in [-0.05, 0) is 47.7 Å². The van der Waals surface area contributed by atoms with E-state index in [0.717, 1.165) is 12.1 Å². The van der Waals surface area contributed by atoms with Crippen molar-refractivity contribution in [2.75, 3.05) is 17.7 Å². The number of urea groups is 1. The van der Waals surface area contributed by atoms with Gasteiger partial charge in [0.25, 0.3) is 0 Å². The van der Waals surface area contributed by atoms with E-state index in [0.29, 0.717) is 17.4 Å². The fraction of sp³-hybridized carbons (Fsp3) is 0.273. The third kappa shape index (κ3) is 5.31. The van der Waals surface area contributed by atoms with Crippen LogP contribution in [0.5, 0.6) is 0 Å². The maximum Gasteiger partial charge on any atom is 0.322 e. The molecule has 188 valence electrons. The number of hydrogen-bond acceptors (Lipinski definition) is 7. The summed E-state index contributed by atoms with van der Waals surface area (Å²) in [6.45, 7) is 1.32. The molecule has 14 heteroatoms. The number of tetrazole rings is 1. The Labute approximate surface area is 209 Å². The van der Waals surface area contributed by atoms with E-state index < -0.39 is 29.3 Å². The summed E-state index contributed by atoms with van der Waals surface area (Å²) in [4.78, 5) is 18.4.